The van der Waals surface area contributed by atoms with Crippen LogP contribution in [0.4, 0.5) is 0 Å². The van der Waals surface area contributed by atoms with Crippen molar-refractivity contribution in [2.75, 3.05) is 12.3 Å². The zero-order valence-corrected chi connectivity index (χ0v) is 13.1. The van der Waals surface area contributed by atoms with Crippen LogP contribution in [0.25, 0.3) is 0 Å². The van der Waals surface area contributed by atoms with Gasteiger partial charge in [-0.1, -0.05) is 0 Å². The fraction of sp³-hybridized carbons (Fsp3) is 0.833. The van der Waals surface area contributed by atoms with E-state index in [0.29, 0.717) is 5.37 Å². The Bertz CT molecular complexity index is 225. The van der Waals surface area contributed by atoms with Crippen molar-refractivity contribution >= 4 is 25.0 Å². The molecule has 86 valence electrons. The third-order valence-corrected chi connectivity index (χ3v) is 14.6. The van der Waals surface area contributed by atoms with Gasteiger partial charge in [0.15, 0.2) is 0 Å². The normalized spacial score (nSPS) is 21.1. The van der Waals surface area contributed by atoms with Gasteiger partial charge in [0.2, 0.25) is 0 Å². The van der Waals surface area contributed by atoms with E-state index in [4.69, 9.17) is 0 Å². The van der Waals surface area contributed by atoms with Gasteiger partial charge >= 0.3 is 102 Å². The predicted molar refractivity (Wildman–Crippen MR) is 73.8 cm³/mol. The summed E-state index contributed by atoms with van der Waals surface area (Å²) in [5, 5.41) is 8.19. The van der Waals surface area contributed by atoms with Crippen molar-refractivity contribution in [2.24, 2.45) is 0 Å². The van der Waals surface area contributed by atoms with Crippen LogP contribution >= 0.6 is 11.8 Å². The average Bonchev–Trinajstić information content (AvgIpc) is 2.78. The minimum absolute atomic E-state index is 0.614. The van der Waals surface area contributed by atoms with Gasteiger partial charge in [-0.3, -0.25) is 0 Å². The molecule has 0 aromatic rings. The Morgan fingerprint density at radius 3 is 2.40 bits per heavy atom. The van der Waals surface area contributed by atoms with Crippen LogP contribution in [0, 0.1) is 10.7 Å². The summed E-state index contributed by atoms with van der Waals surface area (Å²) in [5.74, 6) is 4.73. The van der Waals surface area contributed by atoms with Gasteiger partial charge in [0, 0.05) is 0 Å². The zero-order valence-electron chi connectivity index (χ0n) is 10.2. The van der Waals surface area contributed by atoms with Gasteiger partial charge < -0.3 is 0 Å². The van der Waals surface area contributed by atoms with E-state index in [2.05, 4.69) is 36.8 Å². The van der Waals surface area contributed by atoms with E-state index < -0.39 is 13.3 Å². The van der Waals surface area contributed by atoms with Gasteiger partial charge in [-0.15, -0.1) is 0 Å². The number of rotatable bonds is 4. The molecule has 1 rings (SSSR count). The minimum atomic E-state index is -1.70. The summed E-state index contributed by atoms with van der Waals surface area (Å²) in [5.41, 5.74) is 0. The van der Waals surface area contributed by atoms with E-state index in [0.717, 1.165) is 6.42 Å². The molecule has 0 amide bonds. The molecule has 0 bridgehead atoms. The summed E-state index contributed by atoms with van der Waals surface area (Å²) in [7, 11) is 0. The first-order chi connectivity index (χ1) is 7.26. The molecule has 0 radical (unpaired) electrons. The number of hydrogen-bond donors (Lipinski definition) is 1. The molecule has 0 aliphatic carbocycles. The van der Waals surface area contributed by atoms with E-state index in [9.17, 15) is 0 Å². The summed E-state index contributed by atoms with van der Waals surface area (Å²) in [6.07, 6.45) is 1.05. The third-order valence-electron chi connectivity index (χ3n) is 3.46. The molecule has 1 N–H and O–H groups in total. The average molecular weight is 286 g/mol. The Labute approximate surface area is 102 Å². The molecular formula is C12H23GeNS. The van der Waals surface area contributed by atoms with Crippen LogP contribution in [0.2, 0.25) is 15.8 Å². The van der Waals surface area contributed by atoms with Crippen molar-refractivity contribution in [3.63, 3.8) is 0 Å². The quantitative estimate of drug-likeness (QED) is 0.629. The van der Waals surface area contributed by atoms with Crippen LogP contribution in [-0.4, -0.2) is 30.9 Å². The van der Waals surface area contributed by atoms with Gasteiger partial charge in [0.25, 0.3) is 0 Å². The van der Waals surface area contributed by atoms with Crippen molar-refractivity contribution in [1.82, 2.24) is 5.32 Å². The third kappa shape index (κ3) is 4.05. The van der Waals surface area contributed by atoms with Crippen molar-refractivity contribution in [1.29, 1.82) is 0 Å². The molecule has 0 saturated carbocycles. The van der Waals surface area contributed by atoms with Gasteiger partial charge in [-0.25, -0.2) is 0 Å². The van der Waals surface area contributed by atoms with E-state index in [1.54, 1.807) is 0 Å². The Morgan fingerprint density at radius 2 is 1.93 bits per heavy atom. The molecule has 1 unspecified atom stereocenters. The SMILES string of the molecule is C[CH2][Ge]([C]#CCC1NCCS1)([CH2]C)[CH2]C. The zero-order chi connectivity index (χ0) is 11.1. The Morgan fingerprint density at radius 1 is 1.27 bits per heavy atom. The predicted octanol–water partition coefficient (Wildman–Crippen LogP) is 3.09. The molecule has 1 nitrogen and oxygen atoms in total. The van der Waals surface area contributed by atoms with Gasteiger partial charge in [-0.05, 0) is 0 Å². The Balaban J connectivity index is 2.45. The van der Waals surface area contributed by atoms with Crippen molar-refractivity contribution in [2.45, 2.75) is 48.3 Å². The van der Waals surface area contributed by atoms with Gasteiger partial charge in [0.05, 0.1) is 0 Å². The summed E-state index contributed by atoms with van der Waals surface area (Å²) in [4.78, 5) is 0. The standard InChI is InChI=1S/C12H23GeNS/c1-4-13(5-2,6-3)9-7-8-12-14-10-11-15-12/h12,14H,4-6,8,10-11H2,1-3H3. The van der Waals surface area contributed by atoms with E-state index >= 15 is 0 Å². The van der Waals surface area contributed by atoms with Crippen LogP contribution in [0.15, 0.2) is 0 Å². The molecule has 1 saturated heterocycles. The van der Waals surface area contributed by atoms with Crippen LogP contribution in [0.3, 0.4) is 0 Å². The Kier molecular flexibility index (Phi) is 6.18. The molecule has 1 aliphatic rings. The number of thioether (sulfide) groups is 1. The summed E-state index contributed by atoms with van der Waals surface area (Å²) in [6, 6.07) is 0. The van der Waals surface area contributed by atoms with Gasteiger partial charge in [0.1, 0.15) is 0 Å². The summed E-state index contributed by atoms with van der Waals surface area (Å²) < 4.78 is 3.69. The van der Waals surface area contributed by atoms with Crippen molar-refractivity contribution in [3.05, 3.63) is 0 Å². The Hall–Kier alpha value is 0.413. The molecule has 1 atom stereocenters. The maximum absolute atomic E-state index is 3.69. The first-order valence-corrected chi connectivity index (χ1v) is 12.7. The fourth-order valence-corrected chi connectivity index (χ4v) is 8.18. The summed E-state index contributed by atoms with van der Waals surface area (Å²) >= 11 is 0.322. The topological polar surface area (TPSA) is 12.0 Å². The molecule has 3 heteroatoms. The first-order valence-electron chi connectivity index (χ1n) is 6.11. The summed E-state index contributed by atoms with van der Waals surface area (Å²) in [6.45, 7) is 8.18. The van der Waals surface area contributed by atoms with Crippen LogP contribution in [0.5, 0.6) is 0 Å². The molecule has 0 spiro atoms. The first kappa shape index (κ1) is 13.5. The van der Waals surface area contributed by atoms with Crippen molar-refractivity contribution in [3.8, 4) is 10.7 Å². The molecule has 1 heterocycles. The molecule has 15 heavy (non-hydrogen) atoms. The van der Waals surface area contributed by atoms with Crippen LogP contribution in [-0.2, 0) is 0 Å². The van der Waals surface area contributed by atoms with E-state index in [1.165, 1.54) is 28.1 Å². The second-order valence-electron chi connectivity index (χ2n) is 4.16. The molecule has 1 fully saturated rings. The monoisotopic (exact) mass is 287 g/mol. The molecule has 0 aromatic heterocycles. The van der Waals surface area contributed by atoms with Crippen LogP contribution < -0.4 is 5.32 Å². The van der Waals surface area contributed by atoms with Crippen molar-refractivity contribution < 1.29 is 0 Å². The second-order valence-corrected chi connectivity index (χ2v) is 15.8. The van der Waals surface area contributed by atoms with E-state index in [1.807, 2.05) is 11.8 Å². The number of hydrogen-bond acceptors (Lipinski definition) is 2. The molecule has 0 aromatic carbocycles. The molecular weight excluding hydrogens is 263 g/mol. The fourth-order valence-electron chi connectivity index (χ4n) is 1.96. The number of nitrogens with one attached hydrogen (secondary N) is 1. The van der Waals surface area contributed by atoms with Gasteiger partial charge in [-0.2, -0.15) is 0 Å². The maximum atomic E-state index is 3.69. The second kappa shape index (κ2) is 6.88. The van der Waals surface area contributed by atoms with E-state index in [-0.39, 0.29) is 0 Å². The van der Waals surface area contributed by atoms with Crippen LogP contribution in [0.1, 0.15) is 27.2 Å². The molecule has 1 aliphatic heterocycles.